The monoisotopic (exact) mass is 273 g/mol. The van der Waals surface area contributed by atoms with E-state index in [0.29, 0.717) is 11.5 Å². The molecule has 0 N–H and O–H groups in total. The number of ether oxygens (including phenoxy) is 2. The van der Waals surface area contributed by atoms with Crippen molar-refractivity contribution in [3.05, 3.63) is 35.5 Å². The molecular weight excluding hydrogens is 258 g/mol. The number of Topliss-reactive ketones (excluding diaryl/α,β-unsaturated/α-hetero) is 1. The van der Waals surface area contributed by atoms with Gasteiger partial charge in [-0.3, -0.25) is 14.6 Å². The molecule has 20 heavy (non-hydrogen) atoms. The summed E-state index contributed by atoms with van der Waals surface area (Å²) >= 11 is 0. The topological polar surface area (TPSA) is 65.0 Å². The van der Waals surface area contributed by atoms with Crippen molar-refractivity contribution >= 4 is 23.5 Å². The fraction of sp³-hybridized carbons (Fsp3) is 0.267. The molecule has 0 saturated carbocycles. The SMILES string of the molecule is COC(=O)C1C(=O)/C(=C\c2ccccc2OC)N=C1C. The Kier molecular flexibility index (Phi) is 3.98. The van der Waals surface area contributed by atoms with E-state index in [1.165, 1.54) is 7.11 Å². The first-order chi connectivity index (χ1) is 9.58. The van der Waals surface area contributed by atoms with Crippen molar-refractivity contribution in [1.82, 2.24) is 0 Å². The molecule has 0 amide bonds. The van der Waals surface area contributed by atoms with Gasteiger partial charge in [-0.15, -0.1) is 0 Å². The van der Waals surface area contributed by atoms with Gasteiger partial charge in [0.15, 0.2) is 5.92 Å². The van der Waals surface area contributed by atoms with E-state index in [4.69, 9.17) is 4.74 Å². The van der Waals surface area contributed by atoms with Crippen molar-refractivity contribution in [2.24, 2.45) is 10.9 Å². The number of benzene rings is 1. The molecule has 0 fully saturated rings. The Morgan fingerprint density at radius 1 is 1.30 bits per heavy atom. The number of rotatable bonds is 3. The molecular formula is C15H15NO4. The highest BCUT2D eigenvalue weighted by molar-refractivity contribution is 6.28. The summed E-state index contributed by atoms with van der Waals surface area (Å²) in [6, 6.07) is 7.28. The molecule has 1 aliphatic heterocycles. The molecule has 5 nitrogen and oxygen atoms in total. The molecule has 0 spiro atoms. The van der Waals surface area contributed by atoms with E-state index in [1.54, 1.807) is 26.2 Å². The van der Waals surface area contributed by atoms with Gasteiger partial charge in [0.1, 0.15) is 11.4 Å². The van der Waals surface area contributed by atoms with E-state index in [0.717, 1.165) is 5.56 Å². The summed E-state index contributed by atoms with van der Waals surface area (Å²) in [6.45, 7) is 1.64. The summed E-state index contributed by atoms with van der Waals surface area (Å²) in [6.07, 6.45) is 1.62. The van der Waals surface area contributed by atoms with Crippen LogP contribution in [-0.4, -0.2) is 31.7 Å². The van der Waals surface area contributed by atoms with Crippen LogP contribution in [0.25, 0.3) is 6.08 Å². The molecule has 0 saturated heterocycles. The lowest BCUT2D eigenvalue weighted by Crippen LogP contribution is -2.27. The Morgan fingerprint density at radius 2 is 2.00 bits per heavy atom. The minimum absolute atomic E-state index is 0.238. The van der Waals surface area contributed by atoms with Gasteiger partial charge in [-0.25, -0.2) is 0 Å². The zero-order chi connectivity index (χ0) is 14.7. The average molecular weight is 273 g/mol. The molecule has 104 valence electrons. The lowest BCUT2D eigenvalue weighted by molar-refractivity contribution is -0.145. The zero-order valence-corrected chi connectivity index (χ0v) is 11.5. The van der Waals surface area contributed by atoms with Gasteiger partial charge in [0.25, 0.3) is 0 Å². The predicted molar refractivity (Wildman–Crippen MR) is 74.6 cm³/mol. The zero-order valence-electron chi connectivity index (χ0n) is 11.5. The third kappa shape index (κ3) is 2.47. The maximum atomic E-state index is 12.2. The maximum absolute atomic E-state index is 12.2. The first-order valence-corrected chi connectivity index (χ1v) is 6.10. The van der Waals surface area contributed by atoms with E-state index in [-0.39, 0.29) is 11.5 Å². The number of ketones is 1. The average Bonchev–Trinajstić information content (AvgIpc) is 2.73. The number of hydrogen-bond acceptors (Lipinski definition) is 5. The normalized spacial score (nSPS) is 19.9. The third-order valence-corrected chi connectivity index (χ3v) is 3.10. The number of para-hydroxylation sites is 1. The lowest BCUT2D eigenvalue weighted by Gasteiger charge is -2.06. The standard InChI is InChI=1S/C15H15NO4/c1-9-13(15(18)20-3)14(17)11(16-9)8-10-6-4-5-7-12(10)19-2/h4-8,13H,1-3H3/b11-8+. The van der Waals surface area contributed by atoms with Crippen LogP contribution in [0.4, 0.5) is 0 Å². The number of nitrogens with zero attached hydrogens (tertiary/aromatic N) is 1. The second-order valence-corrected chi connectivity index (χ2v) is 4.35. The van der Waals surface area contributed by atoms with Crippen molar-refractivity contribution in [1.29, 1.82) is 0 Å². The fourth-order valence-electron chi connectivity index (χ4n) is 2.08. The molecule has 1 atom stereocenters. The maximum Gasteiger partial charge on any atom is 0.322 e. The molecule has 1 unspecified atom stereocenters. The van der Waals surface area contributed by atoms with Crippen molar-refractivity contribution in [3.8, 4) is 5.75 Å². The number of carbonyl (C=O) groups is 2. The van der Waals surface area contributed by atoms with Gasteiger partial charge >= 0.3 is 5.97 Å². The van der Waals surface area contributed by atoms with Gasteiger partial charge in [-0.2, -0.15) is 0 Å². The van der Waals surface area contributed by atoms with Gasteiger partial charge in [0, 0.05) is 11.3 Å². The summed E-state index contributed by atoms with van der Waals surface area (Å²) in [4.78, 5) is 27.9. The number of esters is 1. The van der Waals surface area contributed by atoms with Crippen molar-refractivity contribution in [2.75, 3.05) is 14.2 Å². The molecule has 0 aromatic heterocycles. The number of hydrogen-bond donors (Lipinski definition) is 0. The number of allylic oxidation sites excluding steroid dienone is 1. The summed E-state index contributed by atoms with van der Waals surface area (Å²) in [5.74, 6) is -1.22. The Morgan fingerprint density at radius 3 is 2.65 bits per heavy atom. The molecule has 0 aliphatic carbocycles. The summed E-state index contributed by atoms with van der Waals surface area (Å²) in [5, 5.41) is 0. The van der Waals surface area contributed by atoms with E-state index in [2.05, 4.69) is 9.73 Å². The minimum Gasteiger partial charge on any atom is -0.496 e. The van der Waals surface area contributed by atoms with Crippen LogP contribution in [0.5, 0.6) is 5.75 Å². The molecule has 0 radical (unpaired) electrons. The lowest BCUT2D eigenvalue weighted by atomic mass is 10.0. The largest absolute Gasteiger partial charge is 0.496 e. The van der Waals surface area contributed by atoms with Crippen LogP contribution in [0.3, 0.4) is 0 Å². The summed E-state index contributed by atoms with van der Waals surface area (Å²) in [7, 11) is 2.81. The third-order valence-electron chi connectivity index (χ3n) is 3.10. The fourth-order valence-corrected chi connectivity index (χ4v) is 2.08. The Labute approximate surface area is 116 Å². The molecule has 1 aromatic rings. The molecule has 1 heterocycles. The second kappa shape index (κ2) is 5.69. The van der Waals surface area contributed by atoms with Gasteiger partial charge in [0.05, 0.1) is 14.2 Å². The minimum atomic E-state index is -0.930. The molecule has 2 rings (SSSR count). The van der Waals surface area contributed by atoms with Gasteiger partial charge in [0.2, 0.25) is 5.78 Å². The van der Waals surface area contributed by atoms with Crippen LogP contribution in [0.15, 0.2) is 35.0 Å². The Hall–Kier alpha value is -2.43. The summed E-state index contributed by atoms with van der Waals surface area (Å²) < 4.78 is 9.84. The number of aliphatic imine (C=N–C) groups is 1. The number of methoxy groups -OCH3 is 2. The molecule has 1 aromatic carbocycles. The molecule has 1 aliphatic rings. The first kappa shape index (κ1) is 14.0. The van der Waals surface area contributed by atoms with Gasteiger partial charge < -0.3 is 9.47 Å². The van der Waals surface area contributed by atoms with E-state index >= 15 is 0 Å². The predicted octanol–water partition coefficient (Wildman–Crippen LogP) is 1.87. The van der Waals surface area contributed by atoms with Gasteiger partial charge in [-0.1, -0.05) is 18.2 Å². The van der Waals surface area contributed by atoms with E-state index < -0.39 is 11.9 Å². The number of carbonyl (C=O) groups excluding carboxylic acids is 2. The molecule has 0 bridgehead atoms. The van der Waals surface area contributed by atoms with Crippen LogP contribution in [-0.2, 0) is 14.3 Å². The van der Waals surface area contributed by atoms with Crippen LogP contribution >= 0.6 is 0 Å². The summed E-state index contributed by atoms with van der Waals surface area (Å²) in [5.41, 5.74) is 1.42. The van der Waals surface area contributed by atoms with Crippen LogP contribution in [0, 0.1) is 5.92 Å². The highest BCUT2D eigenvalue weighted by Gasteiger charge is 2.37. The van der Waals surface area contributed by atoms with Crippen LogP contribution in [0.1, 0.15) is 12.5 Å². The molecule has 5 heteroatoms. The van der Waals surface area contributed by atoms with Crippen molar-refractivity contribution in [3.63, 3.8) is 0 Å². The smallest absolute Gasteiger partial charge is 0.322 e. The van der Waals surface area contributed by atoms with Crippen molar-refractivity contribution < 1.29 is 19.1 Å². The van der Waals surface area contributed by atoms with Crippen molar-refractivity contribution in [2.45, 2.75) is 6.92 Å². The highest BCUT2D eigenvalue weighted by Crippen LogP contribution is 2.26. The van der Waals surface area contributed by atoms with Crippen LogP contribution in [0.2, 0.25) is 0 Å². The van der Waals surface area contributed by atoms with E-state index in [1.807, 2.05) is 18.2 Å². The highest BCUT2D eigenvalue weighted by atomic mass is 16.5. The second-order valence-electron chi connectivity index (χ2n) is 4.35. The van der Waals surface area contributed by atoms with Gasteiger partial charge in [-0.05, 0) is 19.1 Å². The Bertz CT molecular complexity index is 616. The first-order valence-electron chi connectivity index (χ1n) is 6.10. The van der Waals surface area contributed by atoms with Crippen LogP contribution < -0.4 is 4.74 Å². The quantitative estimate of drug-likeness (QED) is 0.479. The Balaban J connectivity index is 2.38. The van der Waals surface area contributed by atoms with E-state index in [9.17, 15) is 9.59 Å².